The maximum Gasteiger partial charge on any atom is 0.293 e. The fourth-order valence-corrected chi connectivity index (χ4v) is 3.92. The van der Waals surface area contributed by atoms with Crippen LogP contribution >= 0.6 is 0 Å². The molecule has 0 N–H and O–H groups in total. The number of carbonyl (C=O) groups excluding carboxylic acids is 2. The predicted molar refractivity (Wildman–Crippen MR) is 102 cm³/mol. The predicted octanol–water partition coefficient (Wildman–Crippen LogP) is 2.29. The van der Waals surface area contributed by atoms with E-state index >= 15 is 0 Å². The van der Waals surface area contributed by atoms with E-state index in [1.807, 2.05) is 46.1 Å². The van der Waals surface area contributed by atoms with E-state index in [2.05, 4.69) is 17.0 Å². The van der Waals surface area contributed by atoms with Gasteiger partial charge in [0, 0.05) is 20.0 Å². The molecule has 0 saturated carbocycles. The van der Waals surface area contributed by atoms with Gasteiger partial charge in [0.15, 0.2) is 5.69 Å². The van der Waals surface area contributed by atoms with E-state index in [1.54, 1.807) is 11.8 Å². The third-order valence-corrected chi connectivity index (χ3v) is 5.39. The van der Waals surface area contributed by atoms with Crippen molar-refractivity contribution < 1.29 is 9.59 Å². The number of para-hydroxylation sites is 1. The van der Waals surface area contributed by atoms with Crippen LogP contribution in [0.1, 0.15) is 42.9 Å². The van der Waals surface area contributed by atoms with Crippen molar-refractivity contribution in [1.82, 2.24) is 19.7 Å². The normalized spacial score (nSPS) is 19.8. The number of anilines is 1. The zero-order valence-corrected chi connectivity index (χ0v) is 15.8. The molecule has 0 radical (unpaired) electrons. The Labute approximate surface area is 159 Å². The number of amides is 2. The van der Waals surface area contributed by atoms with Crippen molar-refractivity contribution in [1.29, 1.82) is 0 Å². The van der Waals surface area contributed by atoms with Crippen molar-refractivity contribution in [3.05, 3.63) is 47.8 Å². The van der Waals surface area contributed by atoms with Crippen LogP contribution in [0, 0.1) is 0 Å². The monoisotopic (exact) mass is 367 g/mol. The summed E-state index contributed by atoms with van der Waals surface area (Å²) < 4.78 is 1.86. The Morgan fingerprint density at radius 3 is 2.63 bits per heavy atom. The van der Waals surface area contributed by atoms with Crippen molar-refractivity contribution in [2.45, 2.75) is 45.8 Å². The number of aromatic nitrogens is 2. The van der Waals surface area contributed by atoms with Crippen LogP contribution in [0.3, 0.4) is 0 Å². The molecule has 1 atom stereocenters. The standard InChI is InChI=1S/C20H25N5O2/c1-15-7-6-10-24(17-8-4-3-5-9-17)25(15)20(27)19-13-18-14-22(16(2)26)11-12-23(18)21-19/h3-5,8-9,13,15H,6-7,10-12,14H2,1-2H3/t15-/m0/s1. The highest BCUT2D eigenvalue weighted by molar-refractivity contribution is 5.93. The van der Waals surface area contributed by atoms with Gasteiger partial charge in [0.2, 0.25) is 5.91 Å². The Morgan fingerprint density at radius 2 is 1.89 bits per heavy atom. The van der Waals surface area contributed by atoms with E-state index in [1.165, 1.54) is 0 Å². The van der Waals surface area contributed by atoms with Crippen molar-refractivity contribution in [3.8, 4) is 0 Å². The number of fused-ring (bicyclic) bond motifs is 1. The van der Waals surface area contributed by atoms with Gasteiger partial charge < -0.3 is 4.90 Å². The average Bonchev–Trinajstić information content (AvgIpc) is 3.11. The van der Waals surface area contributed by atoms with Gasteiger partial charge in [0.25, 0.3) is 5.91 Å². The Kier molecular flexibility index (Phi) is 4.59. The van der Waals surface area contributed by atoms with Crippen LogP contribution in [0.2, 0.25) is 0 Å². The molecular weight excluding hydrogens is 342 g/mol. The third-order valence-electron chi connectivity index (χ3n) is 5.39. The summed E-state index contributed by atoms with van der Waals surface area (Å²) in [6.45, 7) is 6.24. The maximum atomic E-state index is 13.4. The molecule has 1 saturated heterocycles. The van der Waals surface area contributed by atoms with Gasteiger partial charge in [-0.2, -0.15) is 5.10 Å². The highest BCUT2D eigenvalue weighted by Crippen LogP contribution is 2.27. The minimum atomic E-state index is -0.0812. The van der Waals surface area contributed by atoms with Gasteiger partial charge in [-0.25, -0.2) is 5.01 Å². The van der Waals surface area contributed by atoms with Crippen LogP contribution in [-0.4, -0.2) is 50.6 Å². The molecule has 2 aromatic rings. The number of hydrazine groups is 1. The molecule has 1 aromatic carbocycles. The minimum Gasteiger partial charge on any atom is -0.335 e. The second-order valence-corrected chi connectivity index (χ2v) is 7.28. The smallest absolute Gasteiger partial charge is 0.293 e. The molecule has 0 aliphatic carbocycles. The van der Waals surface area contributed by atoms with Gasteiger partial charge in [-0.05, 0) is 38.0 Å². The summed E-state index contributed by atoms with van der Waals surface area (Å²) in [5.74, 6) is -0.0300. The third kappa shape index (κ3) is 3.29. The van der Waals surface area contributed by atoms with E-state index in [-0.39, 0.29) is 17.9 Å². The van der Waals surface area contributed by atoms with Crippen LogP contribution in [0.25, 0.3) is 0 Å². The lowest BCUT2D eigenvalue weighted by Gasteiger charge is -2.44. The van der Waals surface area contributed by atoms with Crippen molar-refractivity contribution in [2.75, 3.05) is 18.1 Å². The molecule has 2 amide bonds. The number of hydrogen-bond acceptors (Lipinski definition) is 4. The Hall–Kier alpha value is -2.83. The summed E-state index contributed by atoms with van der Waals surface area (Å²) >= 11 is 0. The summed E-state index contributed by atoms with van der Waals surface area (Å²) in [5.41, 5.74) is 2.38. The molecule has 1 aromatic heterocycles. The van der Waals surface area contributed by atoms with Gasteiger partial charge in [-0.3, -0.25) is 19.3 Å². The molecule has 2 aliphatic rings. The summed E-state index contributed by atoms with van der Waals surface area (Å²) in [4.78, 5) is 26.8. The molecule has 27 heavy (non-hydrogen) atoms. The van der Waals surface area contributed by atoms with E-state index < -0.39 is 0 Å². The van der Waals surface area contributed by atoms with E-state index in [9.17, 15) is 9.59 Å². The molecule has 7 heteroatoms. The van der Waals surface area contributed by atoms with Gasteiger partial charge in [0.05, 0.1) is 30.5 Å². The average molecular weight is 367 g/mol. The molecule has 4 rings (SSSR count). The van der Waals surface area contributed by atoms with E-state index in [0.29, 0.717) is 25.3 Å². The molecule has 0 bridgehead atoms. The minimum absolute atomic E-state index is 0.0511. The van der Waals surface area contributed by atoms with Gasteiger partial charge in [0.1, 0.15) is 0 Å². The number of benzene rings is 1. The lowest BCUT2D eigenvalue weighted by Crippen LogP contribution is -2.55. The summed E-state index contributed by atoms with van der Waals surface area (Å²) in [6.07, 6.45) is 2.02. The maximum absolute atomic E-state index is 13.4. The molecule has 0 unspecified atom stereocenters. The van der Waals surface area contributed by atoms with Gasteiger partial charge >= 0.3 is 0 Å². The first-order valence-electron chi connectivity index (χ1n) is 9.53. The van der Waals surface area contributed by atoms with Crippen LogP contribution in [-0.2, 0) is 17.9 Å². The molecule has 3 heterocycles. The summed E-state index contributed by atoms with van der Waals surface area (Å²) in [7, 11) is 0. The van der Waals surface area contributed by atoms with Crippen LogP contribution in [0.5, 0.6) is 0 Å². The van der Waals surface area contributed by atoms with Gasteiger partial charge in [-0.15, -0.1) is 0 Å². The SMILES string of the molecule is CC(=O)N1CCn2nc(C(=O)N3[C@@H](C)CCCN3c3ccccc3)cc2C1. The number of hydrogen-bond donors (Lipinski definition) is 0. The van der Waals surface area contributed by atoms with E-state index in [4.69, 9.17) is 0 Å². The Morgan fingerprint density at radius 1 is 1.11 bits per heavy atom. The topological polar surface area (TPSA) is 61.7 Å². The zero-order valence-electron chi connectivity index (χ0n) is 15.8. The zero-order chi connectivity index (χ0) is 19.0. The molecule has 1 fully saturated rings. The Bertz CT molecular complexity index is 847. The second-order valence-electron chi connectivity index (χ2n) is 7.28. The fourth-order valence-electron chi connectivity index (χ4n) is 3.92. The largest absolute Gasteiger partial charge is 0.335 e. The number of carbonyl (C=O) groups is 2. The number of rotatable bonds is 2. The molecule has 2 aliphatic heterocycles. The molecule has 0 spiro atoms. The van der Waals surface area contributed by atoms with Crippen molar-refractivity contribution in [2.24, 2.45) is 0 Å². The van der Waals surface area contributed by atoms with Crippen LogP contribution < -0.4 is 5.01 Å². The first-order chi connectivity index (χ1) is 13.0. The summed E-state index contributed by atoms with van der Waals surface area (Å²) in [5, 5.41) is 8.45. The lowest BCUT2D eigenvalue weighted by molar-refractivity contribution is -0.130. The quantitative estimate of drug-likeness (QED) is 0.817. The fraction of sp³-hybridized carbons (Fsp3) is 0.450. The first-order valence-corrected chi connectivity index (χ1v) is 9.53. The Balaban J connectivity index is 1.62. The van der Waals surface area contributed by atoms with Crippen molar-refractivity contribution >= 4 is 17.5 Å². The first kappa shape index (κ1) is 17.6. The molecular formula is C20H25N5O2. The number of nitrogens with zero attached hydrogens (tertiary/aromatic N) is 5. The lowest BCUT2D eigenvalue weighted by atomic mass is 10.1. The van der Waals surface area contributed by atoms with Crippen molar-refractivity contribution in [3.63, 3.8) is 0 Å². The van der Waals surface area contributed by atoms with E-state index in [0.717, 1.165) is 30.8 Å². The molecule has 142 valence electrons. The van der Waals surface area contributed by atoms with Crippen LogP contribution in [0.4, 0.5) is 5.69 Å². The highest BCUT2D eigenvalue weighted by atomic mass is 16.2. The second kappa shape index (κ2) is 7.06. The van der Waals surface area contributed by atoms with Crippen LogP contribution in [0.15, 0.2) is 36.4 Å². The van der Waals surface area contributed by atoms with Gasteiger partial charge in [-0.1, -0.05) is 18.2 Å². The molecule has 7 nitrogen and oxygen atoms in total. The summed E-state index contributed by atoms with van der Waals surface area (Å²) in [6, 6.07) is 12.0. The highest BCUT2D eigenvalue weighted by Gasteiger charge is 2.33.